The van der Waals surface area contributed by atoms with Crippen LogP contribution in [0.3, 0.4) is 0 Å². The van der Waals surface area contributed by atoms with Crippen molar-refractivity contribution in [3.63, 3.8) is 0 Å². The lowest BCUT2D eigenvalue weighted by Crippen LogP contribution is -2.19. The van der Waals surface area contributed by atoms with Crippen molar-refractivity contribution >= 4 is 11.8 Å². The van der Waals surface area contributed by atoms with Crippen LogP contribution in [0.4, 0.5) is 0 Å². The molecule has 1 unspecified atom stereocenters. The minimum Gasteiger partial charge on any atom is -0.390 e. The highest BCUT2D eigenvalue weighted by Gasteiger charge is 2.16. The van der Waals surface area contributed by atoms with Crippen LogP contribution in [0.5, 0.6) is 0 Å². The summed E-state index contributed by atoms with van der Waals surface area (Å²) in [7, 11) is 1.63. The molecule has 1 N–H and O–H groups in total. The number of rotatable bonds is 8. The zero-order valence-corrected chi connectivity index (χ0v) is 12.8. The van der Waals surface area contributed by atoms with Gasteiger partial charge in [0.1, 0.15) is 5.82 Å². The number of methoxy groups -OCH3 is 1. The van der Waals surface area contributed by atoms with Gasteiger partial charge in [0.15, 0.2) is 5.16 Å². The van der Waals surface area contributed by atoms with Gasteiger partial charge >= 0.3 is 0 Å². The van der Waals surface area contributed by atoms with E-state index in [1.807, 2.05) is 0 Å². The van der Waals surface area contributed by atoms with E-state index in [2.05, 4.69) is 14.8 Å². The minimum absolute atomic E-state index is 0.331. The van der Waals surface area contributed by atoms with Crippen LogP contribution in [0.1, 0.15) is 25.1 Å². The maximum atomic E-state index is 9.86. The fourth-order valence-corrected chi connectivity index (χ4v) is 3.03. The van der Waals surface area contributed by atoms with Crippen LogP contribution in [0.25, 0.3) is 0 Å². The molecule has 2 rings (SSSR count). The average molecular weight is 301 g/mol. The predicted molar refractivity (Wildman–Crippen MR) is 77.0 cm³/mol. The summed E-state index contributed by atoms with van der Waals surface area (Å²) in [6.45, 7) is 2.39. The Bertz CT molecular complexity index is 400. The van der Waals surface area contributed by atoms with E-state index in [1.54, 1.807) is 18.9 Å². The zero-order chi connectivity index (χ0) is 14.2. The Morgan fingerprint density at radius 2 is 2.20 bits per heavy atom. The number of ether oxygens (including phenoxy) is 2. The number of aliphatic hydroxyl groups excluding tert-OH is 1. The monoisotopic (exact) mass is 301 g/mol. The van der Waals surface area contributed by atoms with E-state index in [9.17, 15) is 5.11 Å². The molecule has 0 aliphatic carbocycles. The first-order valence-corrected chi connectivity index (χ1v) is 8.09. The molecule has 0 fully saturated rings. The van der Waals surface area contributed by atoms with Gasteiger partial charge in [-0.15, -0.1) is 10.2 Å². The number of aromatic nitrogens is 3. The van der Waals surface area contributed by atoms with E-state index in [0.29, 0.717) is 25.6 Å². The van der Waals surface area contributed by atoms with Gasteiger partial charge < -0.3 is 19.1 Å². The molecule has 1 aliphatic rings. The molecule has 1 aliphatic heterocycles. The Labute approximate surface area is 123 Å². The van der Waals surface area contributed by atoms with Crippen molar-refractivity contribution in [3.8, 4) is 0 Å². The van der Waals surface area contributed by atoms with Crippen molar-refractivity contribution in [1.82, 2.24) is 14.8 Å². The Morgan fingerprint density at radius 1 is 1.30 bits per heavy atom. The number of hydrogen-bond acceptors (Lipinski definition) is 6. The number of aliphatic hydroxyl groups is 1. The molecule has 0 saturated heterocycles. The lowest BCUT2D eigenvalue weighted by molar-refractivity contribution is 0.0218. The summed E-state index contributed by atoms with van der Waals surface area (Å²) in [5.41, 5.74) is 0. The van der Waals surface area contributed by atoms with Gasteiger partial charge in [0, 0.05) is 25.8 Å². The van der Waals surface area contributed by atoms with Crippen LogP contribution >= 0.6 is 11.8 Å². The molecule has 20 heavy (non-hydrogen) atoms. The zero-order valence-electron chi connectivity index (χ0n) is 12.0. The summed E-state index contributed by atoms with van der Waals surface area (Å²) in [5.74, 6) is 1.65. The fraction of sp³-hybridized carbons (Fsp3) is 0.846. The summed E-state index contributed by atoms with van der Waals surface area (Å²) >= 11 is 1.55. The highest BCUT2D eigenvalue weighted by atomic mass is 32.2. The molecule has 0 aromatic carbocycles. The SMILES string of the molecule is COCCOCC(O)CSc1nnc2n1CCCCC2. The second-order valence-corrected chi connectivity index (χ2v) is 5.88. The van der Waals surface area contributed by atoms with Crippen molar-refractivity contribution < 1.29 is 14.6 Å². The van der Waals surface area contributed by atoms with Crippen molar-refractivity contribution in [1.29, 1.82) is 0 Å². The van der Waals surface area contributed by atoms with Crippen molar-refractivity contribution in [3.05, 3.63) is 5.82 Å². The number of fused-ring (bicyclic) bond motifs is 1. The summed E-state index contributed by atoms with van der Waals surface area (Å²) in [6, 6.07) is 0. The molecule has 2 heterocycles. The van der Waals surface area contributed by atoms with E-state index in [1.165, 1.54) is 19.3 Å². The summed E-state index contributed by atoms with van der Waals surface area (Å²) in [6.07, 6.45) is 4.15. The van der Waals surface area contributed by atoms with Crippen LogP contribution in [-0.2, 0) is 22.4 Å². The van der Waals surface area contributed by atoms with Gasteiger partial charge in [-0.25, -0.2) is 0 Å². The van der Waals surface area contributed by atoms with E-state index < -0.39 is 6.10 Å². The Hall–Kier alpha value is -0.630. The molecule has 1 aromatic rings. The molecule has 1 aromatic heterocycles. The maximum Gasteiger partial charge on any atom is 0.191 e. The minimum atomic E-state index is -0.490. The molecular weight excluding hydrogens is 278 g/mol. The largest absolute Gasteiger partial charge is 0.390 e. The Kier molecular flexibility index (Phi) is 6.78. The number of thioether (sulfide) groups is 1. The van der Waals surface area contributed by atoms with Crippen molar-refractivity contribution in [2.24, 2.45) is 0 Å². The molecule has 0 radical (unpaired) electrons. The molecule has 114 valence electrons. The molecule has 7 heteroatoms. The maximum absolute atomic E-state index is 9.86. The third kappa shape index (κ3) is 4.73. The summed E-state index contributed by atoms with van der Waals surface area (Å²) in [5, 5.41) is 19.2. The molecular formula is C13H23N3O3S. The summed E-state index contributed by atoms with van der Waals surface area (Å²) in [4.78, 5) is 0. The first-order chi connectivity index (χ1) is 9.81. The highest BCUT2D eigenvalue weighted by Crippen LogP contribution is 2.22. The molecule has 6 nitrogen and oxygen atoms in total. The summed E-state index contributed by atoms with van der Waals surface area (Å²) < 4.78 is 12.4. The third-order valence-electron chi connectivity index (χ3n) is 3.22. The second kappa shape index (κ2) is 8.61. The predicted octanol–water partition coefficient (Wildman–Crippen LogP) is 1.12. The molecule has 1 atom stereocenters. The van der Waals surface area contributed by atoms with Crippen LogP contribution in [-0.4, -0.2) is 58.7 Å². The number of nitrogens with zero attached hydrogens (tertiary/aromatic N) is 3. The van der Waals surface area contributed by atoms with Crippen LogP contribution < -0.4 is 0 Å². The third-order valence-corrected chi connectivity index (χ3v) is 4.33. The quantitative estimate of drug-likeness (QED) is 0.573. The van der Waals surface area contributed by atoms with Crippen molar-refractivity contribution in [2.45, 2.75) is 43.5 Å². The van der Waals surface area contributed by atoms with Gasteiger partial charge in [-0.1, -0.05) is 18.2 Å². The molecule has 0 bridgehead atoms. The lowest BCUT2D eigenvalue weighted by atomic mass is 10.2. The Morgan fingerprint density at radius 3 is 3.05 bits per heavy atom. The van der Waals surface area contributed by atoms with Crippen LogP contribution in [0.2, 0.25) is 0 Å². The second-order valence-electron chi connectivity index (χ2n) is 4.89. The molecule has 0 amide bonds. The first-order valence-electron chi connectivity index (χ1n) is 7.11. The van der Waals surface area contributed by atoms with E-state index in [-0.39, 0.29) is 0 Å². The first kappa shape index (κ1) is 15.8. The number of aryl methyl sites for hydroxylation is 1. The van der Waals surface area contributed by atoms with Crippen LogP contribution in [0, 0.1) is 0 Å². The van der Waals surface area contributed by atoms with E-state index >= 15 is 0 Å². The van der Waals surface area contributed by atoms with E-state index in [0.717, 1.165) is 23.9 Å². The molecule has 0 saturated carbocycles. The smallest absolute Gasteiger partial charge is 0.191 e. The standard InChI is InChI=1S/C13H23N3O3S/c1-18-7-8-19-9-11(17)10-20-13-15-14-12-5-3-2-4-6-16(12)13/h11,17H,2-10H2,1H3. The van der Waals surface area contributed by atoms with Gasteiger partial charge in [0.25, 0.3) is 0 Å². The molecule has 0 spiro atoms. The Balaban J connectivity index is 1.75. The van der Waals surface area contributed by atoms with Gasteiger partial charge in [-0.05, 0) is 12.8 Å². The van der Waals surface area contributed by atoms with Crippen LogP contribution in [0.15, 0.2) is 5.16 Å². The van der Waals surface area contributed by atoms with Gasteiger partial charge in [0.05, 0.1) is 25.9 Å². The normalized spacial score (nSPS) is 16.7. The lowest BCUT2D eigenvalue weighted by Gasteiger charge is -2.11. The fourth-order valence-electron chi connectivity index (χ4n) is 2.15. The van der Waals surface area contributed by atoms with Gasteiger partial charge in [-0.2, -0.15) is 0 Å². The van der Waals surface area contributed by atoms with E-state index in [4.69, 9.17) is 9.47 Å². The van der Waals surface area contributed by atoms with Gasteiger partial charge in [0.2, 0.25) is 0 Å². The average Bonchev–Trinajstić information content (AvgIpc) is 2.69. The topological polar surface area (TPSA) is 69.4 Å². The number of hydrogen-bond donors (Lipinski definition) is 1. The highest BCUT2D eigenvalue weighted by molar-refractivity contribution is 7.99. The van der Waals surface area contributed by atoms with Gasteiger partial charge in [-0.3, -0.25) is 0 Å². The van der Waals surface area contributed by atoms with Crippen molar-refractivity contribution in [2.75, 3.05) is 32.7 Å².